The first-order valence-corrected chi connectivity index (χ1v) is 6.75. The molecule has 5 heteroatoms. The molecule has 1 aromatic rings. The highest BCUT2D eigenvalue weighted by molar-refractivity contribution is 5.94. The topological polar surface area (TPSA) is 67.4 Å². The molecule has 5 nitrogen and oxygen atoms in total. The Kier molecular flexibility index (Phi) is 6.56. The van der Waals surface area contributed by atoms with E-state index in [2.05, 4.69) is 24.5 Å². The molecule has 0 radical (unpaired) electrons. The second-order valence-corrected chi connectivity index (χ2v) is 5.04. The Morgan fingerprint density at radius 3 is 2.60 bits per heavy atom. The van der Waals surface area contributed by atoms with Crippen LogP contribution in [0.25, 0.3) is 0 Å². The third kappa shape index (κ3) is 6.22. The number of para-hydroxylation sites is 1. The molecule has 0 unspecified atom stereocenters. The van der Waals surface area contributed by atoms with Gasteiger partial charge in [-0.15, -0.1) is 0 Å². The highest BCUT2D eigenvalue weighted by Gasteiger charge is 2.08. The van der Waals surface area contributed by atoms with Gasteiger partial charge in [-0.05, 0) is 30.9 Å². The molecular weight excluding hydrogens is 256 g/mol. The Balaban J connectivity index is 2.26. The fourth-order valence-corrected chi connectivity index (χ4v) is 1.54. The maximum Gasteiger partial charge on any atom is 0.321 e. The number of nitrogens with one attached hydrogen (secondary N) is 2. The van der Waals surface area contributed by atoms with E-state index in [0.717, 1.165) is 12.0 Å². The Morgan fingerprint density at radius 1 is 1.25 bits per heavy atom. The average Bonchev–Trinajstić information content (AvgIpc) is 2.37. The molecule has 1 aromatic carbocycles. The maximum absolute atomic E-state index is 11.5. The number of ether oxygens (including phenoxy) is 1. The van der Waals surface area contributed by atoms with Crippen molar-refractivity contribution in [3.63, 3.8) is 0 Å². The van der Waals surface area contributed by atoms with Gasteiger partial charge < -0.3 is 10.1 Å². The van der Waals surface area contributed by atoms with Crippen LogP contribution in [0.2, 0.25) is 0 Å². The second-order valence-electron chi connectivity index (χ2n) is 5.04. The largest absolute Gasteiger partial charge is 0.483 e. The molecule has 0 aliphatic heterocycles. The SMILES string of the molecule is Cc1ccccc1OCC(=O)NC(=O)NCCC(C)C. The van der Waals surface area contributed by atoms with Gasteiger partial charge in [0.15, 0.2) is 6.61 Å². The molecule has 0 saturated carbocycles. The molecule has 0 atom stereocenters. The van der Waals surface area contributed by atoms with Gasteiger partial charge in [0.25, 0.3) is 5.91 Å². The monoisotopic (exact) mass is 278 g/mol. The summed E-state index contributed by atoms with van der Waals surface area (Å²) >= 11 is 0. The van der Waals surface area contributed by atoms with Crippen LogP contribution >= 0.6 is 0 Å². The summed E-state index contributed by atoms with van der Waals surface area (Å²) < 4.78 is 5.35. The lowest BCUT2D eigenvalue weighted by Gasteiger charge is -2.10. The van der Waals surface area contributed by atoms with E-state index in [1.54, 1.807) is 6.07 Å². The van der Waals surface area contributed by atoms with Crippen molar-refractivity contribution in [1.29, 1.82) is 0 Å². The average molecular weight is 278 g/mol. The Hall–Kier alpha value is -2.04. The number of amides is 3. The van der Waals surface area contributed by atoms with Gasteiger partial charge in [0.1, 0.15) is 5.75 Å². The number of hydrogen-bond acceptors (Lipinski definition) is 3. The van der Waals surface area contributed by atoms with Crippen LogP contribution in [0.4, 0.5) is 4.79 Å². The highest BCUT2D eigenvalue weighted by atomic mass is 16.5. The third-order valence-corrected chi connectivity index (χ3v) is 2.71. The van der Waals surface area contributed by atoms with Gasteiger partial charge in [0.05, 0.1) is 0 Å². The first-order valence-electron chi connectivity index (χ1n) is 6.75. The fourth-order valence-electron chi connectivity index (χ4n) is 1.54. The molecule has 0 heterocycles. The molecule has 0 bridgehead atoms. The van der Waals surface area contributed by atoms with Crippen molar-refractivity contribution < 1.29 is 14.3 Å². The van der Waals surface area contributed by atoms with Crippen LogP contribution < -0.4 is 15.4 Å². The molecule has 0 aliphatic rings. The third-order valence-electron chi connectivity index (χ3n) is 2.71. The number of carbonyl (C=O) groups excluding carboxylic acids is 2. The Morgan fingerprint density at radius 2 is 1.95 bits per heavy atom. The van der Waals surface area contributed by atoms with Crippen LogP contribution in [0, 0.1) is 12.8 Å². The van der Waals surface area contributed by atoms with Gasteiger partial charge in [0, 0.05) is 6.54 Å². The molecule has 0 saturated heterocycles. The van der Waals surface area contributed by atoms with E-state index >= 15 is 0 Å². The molecule has 0 aromatic heterocycles. The van der Waals surface area contributed by atoms with Crippen LogP contribution in [-0.2, 0) is 4.79 Å². The van der Waals surface area contributed by atoms with Crippen molar-refractivity contribution in [2.75, 3.05) is 13.2 Å². The van der Waals surface area contributed by atoms with Crippen LogP contribution in [0.15, 0.2) is 24.3 Å². The summed E-state index contributed by atoms with van der Waals surface area (Å²) in [5, 5.41) is 4.86. The summed E-state index contributed by atoms with van der Waals surface area (Å²) in [5.41, 5.74) is 0.946. The van der Waals surface area contributed by atoms with Crippen molar-refractivity contribution in [1.82, 2.24) is 10.6 Å². The lowest BCUT2D eigenvalue weighted by Crippen LogP contribution is -2.42. The summed E-state index contributed by atoms with van der Waals surface area (Å²) in [7, 11) is 0. The van der Waals surface area contributed by atoms with Gasteiger partial charge >= 0.3 is 6.03 Å². The number of carbonyl (C=O) groups is 2. The standard InChI is InChI=1S/C15H22N2O3/c1-11(2)8-9-16-15(19)17-14(18)10-20-13-7-5-4-6-12(13)3/h4-7,11H,8-10H2,1-3H3,(H2,16,17,18,19). The molecule has 0 aliphatic carbocycles. The minimum absolute atomic E-state index is 0.178. The van der Waals surface area contributed by atoms with E-state index in [-0.39, 0.29) is 6.61 Å². The van der Waals surface area contributed by atoms with E-state index in [1.165, 1.54) is 0 Å². The summed E-state index contributed by atoms with van der Waals surface area (Å²) in [6.45, 7) is 6.41. The number of imide groups is 1. The smallest absolute Gasteiger partial charge is 0.321 e. The molecule has 2 N–H and O–H groups in total. The van der Waals surface area contributed by atoms with Crippen LogP contribution in [0.5, 0.6) is 5.75 Å². The minimum Gasteiger partial charge on any atom is -0.483 e. The first-order chi connectivity index (χ1) is 9.49. The number of rotatable bonds is 6. The van der Waals surface area contributed by atoms with Gasteiger partial charge in [-0.3, -0.25) is 10.1 Å². The molecule has 0 fully saturated rings. The lowest BCUT2D eigenvalue weighted by atomic mass is 10.1. The van der Waals surface area contributed by atoms with E-state index in [9.17, 15) is 9.59 Å². The quantitative estimate of drug-likeness (QED) is 0.838. The summed E-state index contributed by atoms with van der Waals surface area (Å²) in [4.78, 5) is 23.0. The minimum atomic E-state index is -0.482. The number of hydrogen-bond donors (Lipinski definition) is 2. The van der Waals surface area contributed by atoms with E-state index < -0.39 is 11.9 Å². The van der Waals surface area contributed by atoms with Crippen molar-refractivity contribution in [2.24, 2.45) is 5.92 Å². The van der Waals surface area contributed by atoms with Crippen molar-refractivity contribution in [2.45, 2.75) is 27.2 Å². The predicted octanol–water partition coefficient (Wildman–Crippen LogP) is 2.25. The molecule has 3 amide bonds. The number of aryl methyl sites for hydroxylation is 1. The van der Waals surface area contributed by atoms with E-state index in [0.29, 0.717) is 18.2 Å². The van der Waals surface area contributed by atoms with E-state index in [1.807, 2.05) is 25.1 Å². The summed E-state index contributed by atoms with van der Waals surface area (Å²) in [6, 6.07) is 6.92. The molecule has 110 valence electrons. The first kappa shape index (κ1) is 16.0. The maximum atomic E-state index is 11.5. The zero-order valence-electron chi connectivity index (χ0n) is 12.2. The fraction of sp³-hybridized carbons (Fsp3) is 0.467. The Labute approximate surface area is 119 Å². The number of urea groups is 1. The van der Waals surface area contributed by atoms with Crippen molar-refractivity contribution in [3.8, 4) is 5.75 Å². The van der Waals surface area contributed by atoms with Crippen LogP contribution in [0.3, 0.4) is 0 Å². The van der Waals surface area contributed by atoms with Crippen molar-refractivity contribution in [3.05, 3.63) is 29.8 Å². The van der Waals surface area contributed by atoms with Gasteiger partial charge in [-0.2, -0.15) is 0 Å². The Bertz CT molecular complexity index is 458. The molecule has 1 rings (SSSR count). The molecule has 20 heavy (non-hydrogen) atoms. The van der Waals surface area contributed by atoms with Gasteiger partial charge in [-0.1, -0.05) is 32.0 Å². The van der Waals surface area contributed by atoms with Crippen LogP contribution in [0.1, 0.15) is 25.8 Å². The second kappa shape index (κ2) is 8.19. The predicted molar refractivity (Wildman–Crippen MR) is 77.7 cm³/mol. The highest BCUT2D eigenvalue weighted by Crippen LogP contribution is 2.15. The van der Waals surface area contributed by atoms with Crippen molar-refractivity contribution >= 4 is 11.9 Å². The van der Waals surface area contributed by atoms with Gasteiger partial charge in [-0.25, -0.2) is 4.79 Å². The van der Waals surface area contributed by atoms with E-state index in [4.69, 9.17) is 4.74 Å². The molecular formula is C15H22N2O3. The normalized spacial score (nSPS) is 10.2. The number of benzene rings is 1. The van der Waals surface area contributed by atoms with Gasteiger partial charge in [0.2, 0.25) is 0 Å². The zero-order chi connectivity index (χ0) is 15.0. The van der Waals surface area contributed by atoms with Crippen LogP contribution in [-0.4, -0.2) is 25.1 Å². The zero-order valence-corrected chi connectivity index (χ0v) is 12.2. The molecule has 0 spiro atoms. The summed E-state index contributed by atoms with van der Waals surface area (Å²) in [5.74, 6) is 0.688. The lowest BCUT2D eigenvalue weighted by molar-refractivity contribution is -0.122. The summed E-state index contributed by atoms with van der Waals surface area (Å²) in [6.07, 6.45) is 0.876.